The second-order valence-electron chi connectivity index (χ2n) is 5.06. The number of carbonyl (C=O) groups is 2. The van der Waals surface area contributed by atoms with E-state index in [1.807, 2.05) is 30.3 Å². The lowest BCUT2D eigenvalue weighted by molar-refractivity contribution is -0.384. The van der Waals surface area contributed by atoms with E-state index < -0.39 is 22.4 Å². The first-order chi connectivity index (χ1) is 12.9. The number of rotatable bonds is 4. The Morgan fingerprint density at radius 3 is 2.48 bits per heavy atom. The van der Waals surface area contributed by atoms with Crippen molar-refractivity contribution in [3.63, 3.8) is 0 Å². The average molecular weight is 405 g/mol. The van der Waals surface area contributed by atoms with Crippen LogP contribution in [0.15, 0.2) is 54.6 Å². The molecule has 0 fully saturated rings. The molecule has 0 heterocycles. The van der Waals surface area contributed by atoms with Crippen molar-refractivity contribution in [1.82, 2.24) is 16.2 Å². The number of halogens is 1. The lowest BCUT2D eigenvalue weighted by atomic mass is 10.2. The maximum Gasteiger partial charge on any atom is 0.288 e. The molecule has 2 amide bonds. The van der Waals surface area contributed by atoms with Crippen LogP contribution in [0.5, 0.6) is 0 Å². The van der Waals surface area contributed by atoms with Crippen LogP contribution in [0.2, 0.25) is 5.02 Å². The van der Waals surface area contributed by atoms with Gasteiger partial charge in [-0.2, -0.15) is 0 Å². The van der Waals surface area contributed by atoms with E-state index in [4.69, 9.17) is 23.8 Å². The number of nitro benzene ring substituents is 1. The Kier molecular flexibility index (Phi) is 6.98. The van der Waals surface area contributed by atoms with Crippen LogP contribution in [0.4, 0.5) is 5.69 Å². The minimum Gasteiger partial charge on any atom is -0.298 e. The number of hydrazine groups is 1. The third-order valence-corrected chi connectivity index (χ3v) is 3.68. The Balaban J connectivity index is 1.87. The number of thiocarbonyl (C=S) groups is 1. The van der Waals surface area contributed by atoms with Crippen molar-refractivity contribution in [2.24, 2.45) is 0 Å². The summed E-state index contributed by atoms with van der Waals surface area (Å²) in [6.45, 7) is 0. The van der Waals surface area contributed by atoms with E-state index in [9.17, 15) is 19.7 Å². The van der Waals surface area contributed by atoms with Gasteiger partial charge in [0.1, 0.15) is 5.02 Å². The topological polar surface area (TPSA) is 113 Å². The van der Waals surface area contributed by atoms with Gasteiger partial charge in [-0.1, -0.05) is 41.9 Å². The molecule has 2 rings (SSSR count). The van der Waals surface area contributed by atoms with Crippen molar-refractivity contribution in [2.75, 3.05) is 0 Å². The number of amides is 2. The van der Waals surface area contributed by atoms with Gasteiger partial charge in [0.25, 0.3) is 11.6 Å². The second kappa shape index (κ2) is 9.41. The molecule has 0 aliphatic rings. The molecular weight excluding hydrogens is 392 g/mol. The van der Waals surface area contributed by atoms with Gasteiger partial charge >= 0.3 is 0 Å². The molecule has 3 N–H and O–H groups in total. The smallest absolute Gasteiger partial charge is 0.288 e. The Hall–Kier alpha value is -3.30. The normalized spacial score (nSPS) is 10.3. The van der Waals surface area contributed by atoms with Crippen LogP contribution in [0.3, 0.4) is 0 Å². The molecule has 0 aliphatic heterocycles. The fraction of sp³-hybridized carbons (Fsp3) is 0. The lowest BCUT2D eigenvalue weighted by Crippen LogP contribution is -2.48. The highest BCUT2D eigenvalue weighted by molar-refractivity contribution is 7.80. The predicted molar refractivity (Wildman–Crippen MR) is 105 cm³/mol. The largest absolute Gasteiger partial charge is 0.298 e. The first kappa shape index (κ1) is 20.0. The highest BCUT2D eigenvalue weighted by atomic mass is 35.5. The van der Waals surface area contributed by atoms with Crippen LogP contribution >= 0.6 is 23.8 Å². The van der Waals surface area contributed by atoms with E-state index in [1.165, 1.54) is 18.2 Å². The fourth-order valence-corrected chi connectivity index (χ4v) is 2.24. The highest BCUT2D eigenvalue weighted by Gasteiger charge is 2.16. The van der Waals surface area contributed by atoms with Gasteiger partial charge in [0, 0.05) is 17.7 Å². The van der Waals surface area contributed by atoms with E-state index in [0.29, 0.717) is 0 Å². The summed E-state index contributed by atoms with van der Waals surface area (Å²) < 4.78 is 0. The zero-order valence-electron chi connectivity index (χ0n) is 13.6. The summed E-state index contributed by atoms with van der Waals surface area (Å²) in [5.41, 5.74) is 5.00. The summed E-state index contributed by atoms with van der Waals surface area (Å²) in [4.78, 5) is 33.9. The van der Waals surface area contributed by atoms with Crippen LogP contribution in [0, 0.1) is 10.1 Å². The Labute approximate surface area is 164 Å². The summed E-state index contributed by atoms with van der Waals surface area (Å²) in [5.74, 6) is -1.18. The van der Waals surface area contributed by atoms with Crippen molar-refractivity contribution >= 4 is 52.5 Å². The third-order valence-electron chi connectivity index (χ3n) is 3.16. The molecule has 27 heavy (non-hydrogen) atoms. The van der Waals surface area contributed by atoms with Gasteiger partial charge in [0.05, 0.1) is 4.92 Å². The van der Waals surface area contributed by atoms with E-state index in [-0.39, 0.29) is 15.7 Å². The van der Waals surface area contributed by atoms with Crippen molar-refractivity contribution in [1.29, 1.82) is 0 Å². The monoisotopic (exact) mass is 404 g/mol. The molecule has 0 aliphatic carbocycles. The van der Waals surface area contributed by atoms with E-state index in [0.717, 1.165) is 11.6 Å². The highest BCUT2D eigenvalue weighted by Crippen LogP contribution is 2.24. The van der Waals surface area contributed by atoms with E-state index >= 15 is 0 Å². The molecule has 10 heteroatoms. The molecular formula is C17H13ClN4O4S. The van der Waals surface area contributed by atoms with Crippen molar-refractivity contribution < 1.29 is 14.5 Å². The van der Waals surface area contributed by atoms with Gasteiger partial charge < -0.3 is 0 Å². The number of benzene rings is 2. The molecule has 0 bridgehead atoms. The Morgan fingerprint density at radius 2 is 1.81 bits per heavy atom. The lowest BCUT2D eigenvalue weighted by Gasteiger charge is -2.09. The summed E-state index contributed by atoms with van der Waals surface area (Å²) in [6, 6.07) is 12.8. The molecule has 0 spiro atoms. The molecule has 0 atom stereocenters. The SMILES string of the molecule is O=C(/C=C/c1ccccc1)NC(=S)NNC(=O)c1ccc(Cl)c([N+](=O)[O-])c1. The second-order valence-corrected chi connectivity index (χ2v) is 5.88. The standard InChI is InChI=1S/C17H13ClN4O4S/c18-13-8-7-12(10-14(13)22(25)26)16(24)20-21-17(27)19-15(23)9-6-11-4-2-1-3-5-11/h1-10H,(H,20,24)(H2,19,21,23,27)/b9-6+. The average Bonchev–Trinajstić information content (AvgIpc) is 2.65. The van der Waals surface area contributed by atoms with Gasteiger partial charge in [-0.15, -0.1) is 0 Å². The quantitative estimate of drug-likeness (QED) is 0.312. The van der Waals surface area contributed by atoms with Gasteiger partial charge in [0.2, 0.25) is 5.91 Å². The van der Waals surface area contributed by atoms with Crippen molar-refractivity contribution in [3.05, 3.63) is 80.9 Å². The molecule has 0 saturated heterocycles. The van der Waals surface area contributed by atoms with E-state index in [2.05, 4.69) is 16.2 Å². The molecule has 2 aromatic rings. The Morgan fingerprint density at radius 1 is 1.11 bits per heavy atom. The van der Waals surface area contributed by atoms with Crippen molar-refractivity contribution in [3.8, 4) is 0 Å². The van der Waals surface area contributed by atoms with Crippen LogP contribution in [-0.4, -0.2) is 21.9 Å². The third kappa shape index (κ3) is 6.17. The molecule has 0 unspecified atom stereocenters. The summed E-state index contributed by atoms with van der Waals surface area (Å²) in [6.07, 6.45) is 2.89. The number of nitrogens with one attached hydrogen (secondary N) is 3. The molecule has 0 aromatic heterocycles. The molecule has 8 nitrogen and oxygen atoms in total. The Bertz CT molecular complexity index is 918. The number of hydrogen-bond acceptors (Lipinski definition) is 5. The molecule has 0 saturated carbocycles. The number of hydrogen-bond donors (Lipinski definition) is 3. The number of nitro groups is 1. The zero-order valence-corrected chi connectivity index (χ0v) is 15.2. The first-order valence-corrected chi connectivity index (χ1v) is 8.24. The van der Waals surface area contributed by atoms with E-state index in [1.54, 1.807) is 6.08 Å². The zero-order chi connectivity index (χ0) is 19.8. The van der Waals surface area contributed by atoms with Gasteiger partial charge in [-0.05, 0) is 36.0 Å². The molecule has 2 aromatic carbocycles. The summed E-state index contributed by atoms with van der Waals surface area (Å²) in [5, 5.41) is 13.0. The van der Waals surface area contributed by atoms with Crippen LogP contribution in [0.1, 0.15) is 15.9 Å². The maximum absolute atomic E-state index is 12.0. The predicted octanol–water partition coefficient (Wildman–Crippen LogP) is 2.60. The maximum atomic E-state index is 12.0. The van der Waals surface area contributed by atoms with Crippen LogP contribution < -0.4 is 16.2 Å². The summed E-state index contributed by atoms with van der Waals surface area (Å²) >= 11 is 10.6. The first-order valence-electron chi connectivity index (χ1n) is 7.45. The molecule has 0 radical (unpaired) electrons. The van der Waals surface area contributed by atoms with Gasteiger partial charge in [-0.3, -0.25) is 35.9 Å². The summed E-state index contributed by atoms with van der Waals surface area (Å²) in [7, 11) is 0. The van der Waals surface area contributed by atoms with Crippen LogP contribution in [0.25, 0.3) is 6.08 Å². The van der Waals surface area contributed by atoms with Gasteiger partial charge in [0.15, 0.2) is 5.11 Å². The minimum absolute atomic E-state index is 0.00306. The van der Waals surface area contributed by atoms with Crippen molar-refractivity contribution in [2.45, 2.75) is 0 Å². The minimum atomic E-state index is -0.698. The fourth-order valence-electron chi connectivity index (χ4n) is 1.90. The van der Waals surface area contributed by atoms with Crippen LogP contribution in [-0.2, 0) is 4.79 Å². The molecule has 138 valence electrons. The number of carbonyl (C=O) groups excluding carboxylic acids is 2. The van der Waals surface area contributed by atoms with Gasteiger partial charge in [-0.25, -0.2) is 0 Å². The number of nitrogens with zero attached hydrogens (tertiary/aromatic N) is 1.